The van der Waals surface area contributed by atoms with Crippen LogP contribution >= 0.6 is 11.3 Å². The molecular weight excluding hydrogens is 396 g/mol. The molecule has 7 heteroatoms. The molecule has 0 spiro atoms. The lowest BCUT2D eigenvalue weighted by atomic mass is 10.0. The van der Waals surface area contributed by atoms with Crippen molar-refractivity contribution in [3.63, 3.8) is 0 Å². The first-order chi connectivity index (χ1) is 14.6. The van der Waals surface area contributed by atoms with Crippen molar-refractivity contribution < 1.29 is 9.53 Å². The Morgan fingerprint density at radius 1 is 1.10 bits per heavy atom. The molecule has 0 atom stereocenters. The number of hydrogen-bond donors (Lipinski definition) is 1. The molecule has 0 bridgehead atoms. The fourth-order valence-electron chi connectivity index (χ4n) is 2.75. The van der Waals surface area contributed by atoms with Crippen LogP contribution in [0.3, 0.4) is 0 Å². The average Bonchev–Trinajstić information content (AvgIpc) is 3.12. The van der Waals surface area contributed by atoms with E-state index >= 15 is 0 Å². The second-order valence-corrected chi connectivity index (χ2v) is 7.58. The lowest BCUT2D eigenvalue weighted by Crippen LogP contribution is -2.08. The van der Waals surface area contributed by atoms with Crippen molar-refractivity contribution in [3.05, 3.63) is 71.1 Å². The summed E-state index contributed by atoms with van der Waals surface area (Å²) in [4.78, 5) is 20.0. The van der Waals surface area contributed by atoms with Crippen molar-refractivity contribution in [3.8, 4) is 11.1 Å². The van der Waals surface area contributed by atoms with E-state index in [0.717, 1.165) is 21.7 Å². The number of aliphatic imine (C=N–C) groups is 1. The van der Waals surface area contributed by atoms with E-state index in [-0.39, 0.29) is 0 Å². The topological polar surface area (TPSA) is 66.3 Å². The van der Waals surface area contributed by atoms with Crippen LogP contribution in [0.4, 0.5) is 10.7 Å². The van der Waals surface area contributed by atoms with Crippen molar-refractivity contribution in [1.82, 2.24) is 4.90 Å². The highest BCUT2D eigenvalue weighted by Crippen LogP contribution is 2.41. The Hall–Kier alpha value is -3.45. The van der Waals surface area contributed by atoms with Crippen molar-refractivity contribution in [2.24, 2.45) is 10.1 Å². The Balaban J connectivity index is 2.09. The summed E-state index contributed by atoms with van der Waals surface area (Å²) in [6.45, 7) is 2.08. The quantitative estimate of drug-likeness (QED) is 0.234. The van der Waals surface area contributed by atoms with E-state index in [1.165, 1.54) is 11.3 Å². The summed E-state index contributed by atoms with van der Waals surface area (Å²) in [7, 11) is 3.76. The number of thiophene rings is 1. The molecule has 0 aliphatic rings. The van der Waals surface area contributed by atoms with E-state index in [2.05, 4.69) is 15.5 Å². The molecule has 30 heavy (non-hydrogen) atoms. The van der Waals surface area contributed by atoms with Gasteiger partial charge in [0, 0.05) is 19.7 Å². The summed E-state index contributed by atoms with van der Waals surface area (Å²) in [5.74, 6) is -0.394. The number of para-hydroxylation sites is 1. The molecule has 154 valence electrons. The second kappa shape index (κ2) is 10.4. The van der Waals surface area contributed by atoms with Crippen LogP contribution in [0.5, 0.6) is 0 Å². The SMILES string of the molecule is CCOC(=O)c1c(N=CN(C)C)sc(/C=N/Nc2ccccc2)c1-c1ccccc1. The molecule has 0 amide bonds. The van der Waals surface area contributed by atoms with Crippen LogP contribution in [0.15, 0.2) is 70.8 Å². The van der Waals surface area contributed by atoms with Gasteiger partial charge in [-0.25, -0.2) is 9.79 Å². The van der Waals surface area contributed by atoms with E-state index in [1.807, 2.05) is 79.7 Å². The normalized spacial score (nSPS) is 11.2. The molecule has 6 nitrogen and oxygen atoms in total. The predicted octanol–water partition coefficient (Wildman–Crippen LogP) is 5.26. The third kappa shape index (κ3) is 5.33. The third-order valence-corrected chi connectivity index (χ3v) is 5.05. The Bertz CT molecular complexity index is 1030. The van der Waals surface area contributed by atoms with Crippen molar-refractivity contribution in [1.29, 1.82) is 0 Å². The van der Waals surface area contributed by atoms with Gasteiger partial charge in [0.05, 0.1) is 29.7 Å². The molecule has 0 aliphatic carbocycles. The number of benzene rings is 2. The van der Waals surface area contributed by atoms with Crippen LogP contribution < -0.4 is 5.43 Å². The van der Waals surface area contributed by atoms with Gasteiger partial charge in [-0.3, -0.25) is 5.43 Å². The number of nitrogens with one attached hydrogen (secondary N) is 1. The van der Waals surface area contributed by atoms with Gasteiger partial charge in [0.1, 0.15) is 10.6 Å². The summed E-state index contributed by atoms with van der Waals surface area (Å²) in [5, 5.41) is 4.96. The highest BCUT2D eigenvalue weighted by atomic mass is 32.1. The van der Waals surface area contributed by atoms with Gasteiger partial charge in [0.2, 0.25) is 0 Å². The highest BCUT2D eigenvalue weighted by molar-refractivity contribution is 7.18. The van der Waals surface area contributed by atoms with Crippen LogP contribution in [-0.4, -0.2) is 44.1 Å². The molecule has 2 aromatic carbocycles. The number of nitrogens with zero attached hydrogens (tertiary/aromatic N) is 3. The number of rotatable bonds is 8. The van der Waals surface area contributed by atoms with E-state index in [9.17, 15) is 4.79 Å². The standard InChI is InChI=1S/C23H24N4O2S/c1-4-29-23(28)21-20(17-11-7-5-8-12-17)19(30-22(21)24-16-27(2)3)15-25-26-18-13-9-6-10-14-18/h5-16,26H,4H2,1-3H3/b24-16?,25-15+. The Morgan fingerprint density at radius 3 is 2.40 bits per heavy atom. The van der Waals surface area contributed by atoms with Gasteiger partial charge in [0.25, 0.3) is 0 Å². The number of ether oxygens (including phenoxy) is 1. The molecule has 0 saturated carbocycles. The monoisotopic (exact) mass is 420 g/mol. The number of hydrazone groups is 1. The average molecular weight is 421 g/mol. The smallest absolute Gasteiger partial charge is 0.341 e. The third-order valence-electron chi connectivity index (χ3n) is 4.01. The fourth-order valence-corrected chi connectivity index (χ4v) is 3.77. The number of carbonyl (C=O) groups excluding carboxylic acids is 1. The zero-order chi connectivity index (χ0) is 21.3. The van der Waals surface area contributed by atoms with E-state index in [0.29, 0.717) is 17.2 Å². The van der Waals surface area contributed by atoms with Gasteiger partial charge in [-0.1, -0.05) is 48.5 Å². The van der Waals surface area contributed by atoms with E-state index in [1.54, 1.807) is 19.5 Å². The molecule has 0 radical (unpaired) electrons. The molecule has 0 unspecified atom stereocenters. The number of esters is 1. The molecule has 0 saturated heterocycles. The molecule has 3 aromatic rings. The lowest BCUT2D eigenvalue weighted by molar-refractivity contribution is 0.0529. The molecule has 3 rings (SSSR count). The summed E-state index contributed by atoms with van der Waals surface area (Å²) in [5.41, 5.74) is 6.02. The Morgan fingerprint density at radius 2 is 1.77 bits per heavy atom. The maximum atomic E-state index is 12.8. The minimum Gasteiger partial charge on any atom is -0.462 e. The van der Waals surface area contributed by atoms with Gasteiger partial charge in [0.15, 0.2) is 0 Å². The minimum atomic E-state index is -0.394. The van der Waals surface area contributed by atoms with Gasteiger partial charge in [-0.15, -0.1) is 11.3 Å². The summed E-state index contributed by atoms with van der Waals surface area (Å²) < 4.78 is 5.34. The minimum absolute atomic E-state index is 0.290. The summed E-state index contributed by atoms with van der Waals surface area (Å²) in [6, 6.07) is 19.4. The first-order valence-corrected chi connectivity index (χ1v) is 10.4. The van der Waals surface area contributed by atoms with Crippen LogP contribution in [0.2, 0.25) is 0 Å². The molecule has 0 fully saturated rings. The van der Waals surface area contributed by atoms with E-state index in [4.69, 9.17) is 4.74 Å². The summed E-state index contributed by atoms with van der Waals surface area (Å²) in [6.07, 6.45) is 3.39. The largest absolute Gasteiger partial charge is 0.462 e. The zero-order valence-electron chi connectivity index (χ0n) is 17.2. The zero-order valence-corrected chi connectivity index (χ0v) is 18.0. The van der Waals surface area contributed by atoms with E-state index < -0.39 is 5.97 Å². The summed E-state index contributed by atoms with van der Waals surface area (Å²) >= 11 is 1.40. The van der Waals surface area contributed by atoms with Crippen LogP contribution in [0, 0.1) is 0 Å². The maximum Gasteiger partial charge on any atom is 0.341 e. The van der Waals surface area contributed by atoms with Crippen LogP contribution in [0.25, 0.3) is 11.1 Å². The molecule has 1 heterocycles. The van der Waals surface area contributed by atoms with Crippen molar-refractivity contribution in [2.75, 3.05) is 26.1 Å². The van der Waals surface area contributed by atoms with Gasteiger partial charge in [-0.05, 0) is 24.6 Å². The van der Waals surface area contributed by atoms with Gasteiger partial charge < -0.3 is 9.64 Å². The maximum absolute atomic E-state index is 12.8. The number of carbonyl (C=O) groups is 1. The predicted molar refractivity (Wildman–Crippen MR) is 125 cm³/mol. The van der Waals surface area contributed by atoms with Crippen molar-refractivity contribution in [2.45, 2.75) is 6.92 Å². The van der Waals surface area contributed by atoms with Crippen molar-refractivity contribution >= 4 is 40.5 Å². The Labute approximate surface area is 180 Å². The first kappa shape index (κ1) is 21.3. The van der Waals surface area contributed by atoms with Gasteiger partial charge >= 0.3 is 5.97 Å². The fraction of sp³-hybridized carbons (Fsp3) is 0.174. The second-order valence-electron chi connectivity index (χ2n) is 6.55. The van der Waals surface area contributed by atoms with Gasteiger partial charge in [-0.2, -0.15) is 5.10 Å². The molecule has 1 aromatic heterocycles. The first-order valence-electron chi connectivity index (χ1n) is 9.54. The highest BCUT2D eigenvalue weighted by Gasteiger charge is 2.25. The lowest BCUT2D eigenvalue weighted by Gasteiger charge is -2.07. The molecule has 0 aliphatic heterocycles. The molecular formula is C23H24N4O2S. The Kier molecular flexibility index (Phi) is 7.34. The molecule has 1 N–H and O–H groups in total. The number of anilines is 1. The van der Waals surface area contributed by atoms with Crippen LogP contribution in [0.1, 0.15) is 22.2 Å². The van der Waals surface area contributed by atoms with Crippen LogP contribution in [-0.2, 0) is 4.74 Å². The number of hydrogen-bond acceptors (Lipinski definition) is 6.